The van der Waals surface area contributed by atoms with Gasteiger partial charge < -0.3 is 10.1 Å². The van der Waals surface area contributed by atoms with Gasteiger partial charge in [0.1, 0.15) is 11.6 Å². The molecule has 112 valence electrons. The number of fused-ring (bicyclic) bond motifs is 1. The van der Waals surface area contributed by atoms with Gasteiger partial charge in [-0.3, -0.25) is 4.79 Å². The van der Waals surface area contributed by atoms with Crippen molar-refractivity contribution in [3.8, 4) is 5.75 Å². The molecule has 0 spiro atoms. The molecular formula is C18H16FNO2. The number of amides is 1. The van der Waals surface area contributed by atoms with Crippen molar-refractivity contribution in [2.45, 2.75) is 13.8 Å². The minimum absolute atomic E-state index is 0.216. The zero-order chi connectivity index (χ0) is 15.9. The van der Waals surface area contributed by atoms with Crippen molar-refractivity contribution in [1.82, 2.24) is 0 Å². The number of nitrogens with one attached hydrogen (secondary N) is 1. The summed E-state index contributed by atoms with van der Waals surface area (Å²) in [6.07, 6.45) is 1.78. The van der Waals surface area contributed by atoms with E-state index in [0.29, 0.717) is 16.8 Å². The molecule has 4 heteroatoms. The number of carbonyl (C=O) groups excluding carboxylic acids is 1. The highest BCUT2D eigenvalue weighted by Crippen LogP contribution is 2.34. The molecule has 0 saturated carbocycles. The molecule has 3 nitrogen and oxygen atoms in total. The Balaban J connectivity index is 2.10. The Morgan fingerprint density at radius 1 is 1.14 bits per heavy atom. The van der Waals surface area contributed by atoms with E-state index >= 15 is 0 Å². The second kappa shape index (κ2) is 5.30. The number of hydrogen-bond donors (Lipinski definition) is 1. The highest BCUT2D eigenvalue weighted by Gasteiger charge is 2.24. The van der Waals surface area contributed by atoms with E-state index in [1.54, 1.807) is 19.3 Å². The van der Waals surface area contributed by atoms with Crippen LogP contribution in [0.2, 0.25) is 0 Å². The zero-order valence-corrected chi connectivity index (χ0v) is 12.7. The fourth-order valence-electron chi connectivity index (χ4n) is 2.86. The van der Waals surface area contributed by atoms with Crippen LogP contribution in [-0.2, 0) is 4.79 Å². The summed E-state index contributed by atoms with van der Waals surface area (Å²) in [5.74, 6) is 0.263. The largest absolute Gasteiger partial charge is 0.496 e. The molecule has 0 bridgehead atoms. The van der Waals surface area contributed by atoms with Crippen LogP contribution in [0.25, 0.3) is 11.6 Å². The molecule has 0 fully saturated rings. The molecule has 22 heavy (non-hydrogen) atoms. The second-order valence-electron chi connectivity index (χ2n) is 5.39. The smallest absolute Gasteiger partial charge is 0.256 e. The SMILES string of the molecule is COc1c(C)cc(/C=C2/C(=O)Nc3ccc(F)cc32)cc1C. The van der Waals surface area contributed by atoms with E-state index in [1.165, 1.54) is 12.1 Å². The molecule has 0 atom stereocenters. The first kappa shape index (κ1) is 14.3. The zero-order valence-electron chi connectivity index (χ0n) is 12.7. The van der Waals surface area contributed by atoms with E-state index in [9.17, 15) is 9.18 Å². The number of rotatable bonds is 2. The molecule has 1 aliphatic rings. The topological polar surface area (TPSA) is 38.3 Å². The van der Waals surface area contributed by atoms with Crippen LogP contribution in [0.3, 0.4) is 0 Å². The molecule has 0 radical (unpaired) electrons. The minimum atomic E-state index is -0.358. The number of anilines is 1. The maximum Gasteiger partial charge on any atom is 0.256 e. The summed E-state index contributed by atoms with van der Waals surface area (Å²) >= 11 is 0. The van der Waals surface area contributed by atoms with Gasteiger partial charge in [-0.15, -0.1) is 0 Å². The summed E-state index contributed by atoms with van der Waals surface area (Å²) in [6, 6.07) is 8.19. The van der Waals surface area contributed by atoms with E-state index in [1.807, 2.05) is 26.0 Å². The number of carbonyl (C=O) groups is 1. The van der Waals surface area contributed by atoms with Crippen molar-refractivity contribution in [2.24, 2.45) is 0 Å². The van der Waals surface area contributed by atoms with E-state index in [4.69, 9.17) is 4.74 Å². The molecular weight excluding hydrogens is 281 g/mol. The van der Waals surface area contributed by atoms with Crippen LogP contribution in [0.15, 0.2) is 30.3 Å². The summed E-state index contributed by atoms with van der Waals surface area (Å²) < 4.78 is 18.8. The van der Waals surface area contributed by atoms with E-state index in [-0.39, 0.29) is 11.7 Å². The molecule has 1 N–H and O–H groups in total. The second-order valence-corrected chi connectivity index (χ2v) is 5.39. The molecule has 0 aliphatic carbocycles. The molecule has 0 saturated heterocycles. The quantitative estimate of drug-likeness (QED) is 0.853. The van der Waals surface area contributed by atoms with E-state index in [0.717, 1.165) is 22.4 Å². The van der Waals surface area contributed by atoms with Gasteiger partial charge in [0.15, 0.2) is 0 Å². The van der Waals surface area contributed by atoms with Gasteiger partial charge in [0.25, 0.3) is 5.91 Å². The van der Waals surface area contributed by atoms with Crippen LogP contribution in [0.4, 0.5) is 10.1 Å². The summed E-state index contributed by atoms with van der Waals surface area (Å²) in [4.78, 5) is 12.1. The Morgan fingerprint density at radius 3 is 2.45 bits per heavy atom. The average Bonchev–Trinajstić information content (AvgIpc) is 2.75. The van der Waals surface area contributed by atoms with Gasteiger partial charge in [0, 0.05) is 16.8 Å². The predicted octanol–water partition coefficient (Wildman–Crippen LogP) is 3.94. The third-order valence-corrected chi connectivity index (χ3v) is 3.76. The molecule has 1 aliphatic heterocycles. The lowest BCUT2D eigenvalue weighted by molar-refractivity contribution is -0.110. The van der Waals surface area contributed by atoms with Gasteiger partial charge in [-0.25, -0.2) is 4.39 Å². The molecule has 1 heterocycles. The Labute approximate surface area is 128 Å². The van der Waals surface area contributed by atoms with Crippen LogP contribution >= 0.6 is 0 Å². The van der Waals surface area contributed by atoms with Gasteiger partial charge >= 0.3 is 0 Å². The standard InChI is InChI=1S/C18H16FNO2/c1-10-6-12(7-11(2)17(10)22-3)8-15-14-9-13(19)4-5-16(14)20-18(15)21/h4-9H,1-3H3,(H,20,21)/b15-8+. The average molecular weight is 297 g/mol. The first-order chi connectivity index (χ1) is 10.5. The third-order valence-electron chi connectivity index (χ3n) is 3.76. The van der Waals surface area contributed by atoms with Crippen LogP contribution in [0, 0.1) is 19.7 Å². The minimum Gasteiger partial charge on any atom is -0.496 e. The number of halogens is 1. The molecule has 0 aromatic heterocycles. The van der Waals surface area contributed by atoms with Crippen molar-refractivity contribution in [3.63, 3.8) is 0 Å². The first-order valence-corrected chi connectivity index (χ1v) is 6.98. The number of benzene rings is 2. The van der Waals surface area contributed by atoms with Gasteiger partial charge in [-0.1, -0.05) is 0 Å². The fraction of sp³-hybridized carbons (Fsp3) is 0.167. The van der Waals surface area contributed by atoms with Gasteiger partial charge in [0.05, 0.1) is 7.11 Å². The number of methoxy groups -OCH3 is 1. The van der Waals surface area contributed by atoms with Crippen molar-refractivity contribution in [1.29, 1.82) is 0 Å². The lowest BCUT2D eigenvalue weighted by atomic mass is 10.0. The highest BCUT2D eigenvalue weighted by molar-refractivity contribution is 6.34. The van der Waals surface area contributed by atoms with Gasteiger partial charge in [-0.2, -0.15) is 0 Å². The first-order valence-electron chi connectivity index (χ1n) is 6.98. The number of ether oxygens (including phenoxy) is 1. The number of aryl methyl sites for hydroxylation is 2. The lowest BCUT2D eigenvalue weighted by Crippen LogP contribution is -2.03. The summed E-state index contributed by atoms with van der Waals surface area (Å²) in [5, 5.41) is 2.75. The Kier molecular flexibility index (Phi) is 3.45. The maximum absolute atomic E-state index is 13.4. The Morgan fingerprint density at radius 2 is 1.82 bits per heavy atom. The van der Waals surface area contributed by atoms with Crippen LogP contribution in [0.5, 0.6) is 5.75 Å². The van der Waals surface area contributed by atoms with Gasteiger partial charge in [-0.05, 0) is 66.9 Å². The summed E-state index contributed by atoms with van der Waals surface area (Å²) in [5.41, 5.74) is 4.58. The third kappa shape index (κ3) is 2.37. The van der Waals surface area contributed by atoms with Gasteiger partial charge in [0.2, 0.25) is 0 Å². The van der Waals surface area contributed by atoms with E-state index in [2.05, 4.69) is 5.32 Å². The monoisotopic (exact) mass is 297 g/mol. The highest BCUT2D eigenvalue weighted by atomic mass is 19.1. The lowest BCUT2D eigenvalue weighted by Gasteiger charge is -2.10. The Bertz CT molecular complexity index is 786. The van der Waals surface area contributed by atoms with Crippen LogP contribution in [-0.4, -0.2) is 13.0 Å². The summed E-state index contributed by atoms with van der Waals surface area (Å²) in [6.45, 7) is 3.91. The van der Waals surface area contributed by atoms with Crippen molar-refractivity contribution in [3.05, 3.63) is 58.4 Å². The van der Waals surface area contributed by atoms with Crippen molar-refractivity contribution in [2.75, 3.05) is 12.4 Å². The molecule has 1 amide bonds. The molecule has 3 rings (SSSR count). The Hall–Kier alpha value is -2.62. The van der Waals surface area contributed by atoms with Crippen molar-refractivity contribution < 1.29 is 13.9 Å². The molecule has 2 aromatic rings. The summed E-state index contributed by atoms with van der Waals surface area (Å²) in [7, 11) is 1.64. The number of hydrogen-bond acceptors (Lipinski definition) is 2. The van der Waals surface area contributed by atoms with Crippen molar-refractivity contribution >= 4 is 23.2 Å². The molecule has 0 unspecified atom stereocenters. The normalized spacial score (nSPS) is 14.9. The van der Waals surface area contributed by atoms with E-state index < -0.39 is 0 Å². The predicted molar refractivity (Wildman–Crippen MR) is 85.4 cm³/mol. The fourth-order valence-corrected chi connectivity index (χ4v) is 2.86. The van der Waals surface area contributed by atoms with Crippen LogP contribution in [0.1, 0.15) is 22.3 Å². The van der Waals surface area contributed by atoms with Crippen LogP contribution < -0.4 is 10.1 Å². The molecule has 2 aromatic carbocycles. The maximum atomic E-state index is 13.4.